The van der Waals surface area contributed by atoms with Crippen molar-refractivity contribution < 1.29 is 27.8 Å². The first-order chi connectivity index (χ1) is 18.8. The number of nitrogens with zero attached hydrogens (tertiary/aromatic N) is 1. The third-order valence-corrected chi connectivity index (χ3v) is 7.41. The summed E-state index contributed by atoms with van der Waals surface area (Å²) in [6.07, 6.45) is 0.811. The molecule has 200 valence electrons. The van der Waals surface area contributed by atoms with Gasteiger partial charge in [-0.2, -0.15) is 0 Å². The molecule has 1 aliphatic carbocycles. The summed E-state index contributed by atoms with van der Waals surface area (Å²) in [5.41, 5.74) is 3.09. The van der Waals surface area contributed by atoms with Crippen molar-refractivity contribution in [1.82, 2.24) is 0 Å². The monoisotopic (exact) mass is 530 g/mol. The number of carbonyl (C=O) groups excluding carboxylic acids is 2. The van der Waals surface area contributed by atoms with E-state index in [1.807, 2.05) is 30.3 Å². The van der Waals surface area contributed by atoms with Crippen molar-refractivity contribution >= 4 is 23.1 Å². The van der Waals surface area contributed by atoms with Gasteiger partial charge in [0.05, 0.1) is 25.8 Å². The Balaban J connectivity index is 1.61. The molecule has 3 aromatic rings. The molecule has 0 saturated carbocycles. The summed E-state index contributed by atoms with van der Waals surface area (Å²) in [5, 5.41) is 2.58. The lowest BCUT2D eigenvalue weighted by molar-refractivity contribution is -0.119. The van der Waals surface area contributed by atoms with Crippen LogP contribution < -0.4 is 14.8 Å². The van der Waals surface area contributed by atoms with E-state index in [2.05, 4.69) is 5.32 Å². The molecule has 0 aromatic heterocycles. The Bertz CT molecular complexity index is 1500. The van der Waals surface area contributed by atoms with Crippen LogP contribution in [0.25, 0.3) is 0 Å². The second kappa shape index (κ2) is 10.8. The molecule has 2 aliphatic rings. The van der Waals surface area contributed by atoms with Crippen molar-refractivity contribution in [3.8, 4) is 11.5 Å². The van der Waals surface area contributed by atoms with E-state index in [0.717, 1.165) is 11.6 Å². The quantitative estimate of drug-likeness (QED) is 0.412. The van der Waals surface area contributed by atoms with E-state index in [1.165, 1.54) is 20.3 Å². The molecule has 0 spiro atoms. The summed E-state index contributed by atoms with van der Waals surface area (Å²) in [6.45, 7) is 1.73. The third-order valence-electron chi connectivity index (χ3n) is 7.41. The largest absolute Gasteiger partial charge is 0.497 e. The van der Waals surface area contributed by atoms with Crippen molar-refractivity contribution in [2.75, 3.05) is 19.5 Å². The molecule has 39 heavy (non-hydrogen) atoms. The van der Waals surface area contributed by atoms with E-state index in [9.17, 15) is 18.4 Å². The second-order valence-corrected chi connectivity index (χ2v) is 9.73. The van der Waals surface area contributed by atoms with E-state index in [4.69, 9.17) is 14.5 Å². The van der Waals surface area contributed by atoms with Crippen LogP contribution >= 0.6 is 0 Å². The van der Waals surface area contributed by atoms with Crippen molar-refractivity contribution in [3.05, 3.63) is 101 Å². The number of nitrogens with one attached hydrogen (secondary N) is 1. The molecule has 0 saturated heterocycles. The first-order valence-corrected chi connectivity index (χ1v) is 12.6. The SMILES string of the molecule is COc1ccc([C@H]2C3=C(C[C@@H](c4ccccc4)CC3=O)N=C(C)C2C(=O)Nc2ccc(F)cc2F)c(OC)c1. The summed E-state index contributed by atoms with van der Waals surface area (Å²) in [5.74, 6) is -3.01. The molecule has 1 amide bonds. The number of hydrogen-bond donors (Lipinski definition) is 1. The Morgan fingerprint density at radius 1 is 0.974 bits per heavy atom. The Morgan fingerprint density at radius 2 is 1.74 bits per heavy atom. The minimum absolute atomic E-state index is 0.0360. The van der Waals surface area contributed by atoms with Crippen LogP contribution in [0.5, 0.6) is 11.5 Å². The number of rotatable bonds is 6. The highest BCUT2D eigenvalue weighted by molar-refractivity contribution is 6.13. The molecule has 3 atom stereocenters. The van der Waals surface area contributed by atoms with Gasteiger partial charge < -0.3 is 14.8 Å². The number of anilines is 1. The lowest BCUT2D eigenvalue weighted by Crippen LogP contribution is -2.40. The fourth-order valence-corrected chi connectivity index (χ4v) is 5.57. The van der Waals surface area contributed by atoms with Gasteiger partial charge in [0.1, 0.15) is 23.1 Å². The number of methoxy groups -OCH3 is 2. The summed E-state index contributed by atoms with van der Waals surface area (Å²) in [7, 11) is 3.04. The van der Waals surface area contributed by atoms with Crippen LogP contribution in [-0.4, -0.2) is 31.6 Å². The number of carbonyl (C=O) groups is 2. The summed E-state index contributed by atoms with van der Waals surface area (Å²) >= 11 is 0. The number of ketones is 1. The molecule has 1 heterocycles. The maximum Gasteiger partial charge on any atom is 0.234 e. The minimum Gasteiger partial charge on any atom is -0.497 e. The highest BCUT2D eigenvalue weighted by Gasteiger charge is 2.45. The Morgan fingerprint density at radius 3 is 2.44 bits per heavy atom. The van der Waals surface area contributed by atoms with Crippen LogP contribution in [0.1, 0.15) is 42.7 Å². The van der Waals surface area contributed by atoms with Gasteiger partial charge in [-0.05, 0) is 43.0 Å². The molecule has 1 N–H and O–H groups in total. The standard InChI is InChI=1S/C31H28F2N2O4/c1-17-28(31(37)35-24-12-9-20(32)15-23(24)33)29(22-11-10-21(38-2)16-27(22)39-3)30-25(34-17)13-19(14-26(30)36)18-7-5-4-6-8-18/h4-12,15-16,19,28-29H,13-14H2,1-3H3,(H,35,37)/t19-,28?,29-/m1/s1. The number of hydrogen-bond acceptors (Lipinski definition) is 5. The smallest absolute Gasteiger partial charge is 0.234 e. The average molecular weight is 531 g/mol. The molecule has 6 nitrogen and oxygen atoms in total. The van der Waals surface area contributed by atoms with E-state index >= 15 is 0 Å². The topological polar surface area (TPSA) is 77.0 Å². The zero-order valence-corrected chi connectivity index (χ0v) is 21.8. The van der Waals surface area contributed by atoms with Gasteiger partial charge >= 0.3 is 0 Å². The number of allylic oxidation sites excluding steroid dienone is 2. The molecular formula is C31H28F2N2O4. The average Bonchev–Trinajstić information content (AvgIpc) is 2.93. The molecule has 0 fully saturated rings. The van der Waals surface area contributed by atoms with Gasteiger partial charge in [-0.25, -0.2) is 8.78 Å². The normalized spacial score (nSPS) is 20.7. The van der Waals surface area contributed by atoms with Crippen LogP contribution in [0.2, 0.25) is 0 Å². The Labute approximate surface area is 225 Å². The number of benzene rings is 3. The predicted octanol–water partition coefficient (Wildman–Crippen LogP) is 6.20. The van der Waals surface area contributed by atoms with Gasteiger partial charge in [0, 0.05) is 47.0 Å². The lowest BCUT2D eigenvalue weighted by atomic mass is 9.68. The van der Waals surface area contributed by atoms with E-state index in [0.29, 0.717) is 46.5 Å². The van der Waals surface area contributed by atoms with Crippen molar-refractivity contribution in [2.24, 2.45) is 10.9 Å². The van der Waals surface area contributed by atoms with Crippen molar-refractivity contribution in [3.63, 3.8) is 0 Å². The molecule has 3 aromatic carbocycles. The number of amides is 1. The molecule has 8 heteroatoms. The fraction of sp³-hybridized carbons (Fsp3) is 0.258. The van der Waals surface area contributed by atoms with Crippen LogP contribution in [0.3, 0.4) is 0 Å². The first kappa shape index (κ1) is 26.3. The lowest BCUT2D eigenvalue weighted by Gasteiger charge is -2.37. The minimum atomic E-state index is -0.937. The third kappa shape index (κ3) is 5.06. The predicted molar refractivity (Wildman–Crippen MR) is 144 cm³/mol. The van der Waals surface area contributed by atoms with Crippen LogP contribution in [0.4, 0.5) is 14.5 Å². The van der Waals surface area contributed by atoms with Crippen molar-refractivity contribution in [2.45, 2.75) is 31.6 Å². The zero-order valence-electron chi connectivity index (χ0n) is 21.8. The maximum absolute atomic E-state index is 14.4. The number of ether oxygens (including phenoxy) is 2. The molecular weight excluding hydrogens is 502 g/mol. The molecule has 1 unspecified atom stereocenters. The zero-order chi connectivity index (χ0) is 27.7. The van der Waals surface area contributed by atoms with Gasteiger partial charge in [0.15, 0.2) is 5.78 Å². The van der Waals surface area contributed by atoms with Gasteiger partial charge in [0.25, 0.3) is 0 Å². The molecule has 5 rings (SSSR count). The molecule has 1 aliphatic heterocycles. The van der Waals surface area contributed by atoms with Gasteiger partial charge in [-0.3, -0.25) is 14.6 Å². The van der Waals surface area contributed by atoms with E-state index in [1.54, 1.807) is 25.1 Å². The Kier molecular flexibility index (Phi) is 7.28. The summed E-state index contributed by atoms with van der Waals surface area (Å²) in [6, 6.07) is 18.0. The highest BCUT2D eigenvalue weighted by atomic mass is 19.1. The Hall–Kier alpha value is -4.33. The summed E-state index contributed by atoms with van der Waals surface area (Å²) < 4.78 is 38.9. The van der Waals surface area contributed by atoms with Crippen LogP contribution in [-0.2, 0) is 9.59 Å². The number of halogens is 2. The van der Waals surface area contributed by atoms with Crippen molar-refractivity contribution in [1.29, 1.82) is 0 Å². The summed E-state index contributed by atoms with van der Waals surface area (Å²) in [4.78, 5) is 32.3. The first-order valence-electron chi connectivity index (χ1n) is 12.6. The highest BCUT2D eigenvalue weighted by Crippen LogP contribution is 2.49. The second-order valence-electron chi connectivity index (χ2n) is 9.73. The van der Waals surface area contributed by atoms with E-state index < -0.39 is 29.4 Å². The van der Waals surface area contributed by atoms with Gasteiger partial charge in [-0.1, -0.05) is 36.4 Å². The number of Topliss-reactive ketones (excluding diaryl/α,β-unsaturated/α-hetero) is 1. The fourth-order valence-electron chi connectivity index (χ4n) is 5.57. The van der Waals surface area contributed by atoms with E-state index in [-0.39, 0.29) is 23.8 Å². The van der Waals surface area contributed by atoms with Gasteiger partial charge in [-0.15, -0.1) is 0 Å². The van der Waals surface area contributed by atoms with Crippen LogP contribution in [0.15, 0.2) is 83.0 Å². The van der Waals surface area contributed by atoms with Crippen LogP contribution in [0, 0.1) is 17.6 Å². The van der Waals surface area contributed by atoms with Gasteiger partial charge in [0.2, 0.25) is 5.91 Å². The number of aliphatic imine (C=N–C) groups is 1. The molecule has 0 bridgehead atoms. The maximum atomic E-state index is 14.4. The molecule has 0 radical (unpaired) electrons.